The Morgan fingerprint density at radius 1 is 1.13 bits per heavy atom. The molecule has 2 aliphatic rings. The smallest absolute Gasteiger partial charge is 0.335 e. The molecule has 0 amide bonds. The third-order valence-electron chi connectivity index (χ3n) is 3.36. The van der Waals surface area contributed by atoms with E-state index in [2.05, 4.69) is 4.90 Å². The predicted octanol–water partition coefficient (Wildman–Crippen LogP) is 2.08. The van der Waals surface area contributed by atoms with Gasteiger partial charge in [-0.25, -0.2) is 4.79 Å². The van der Waals surface area contributed by atoms with Gasteiger partial charge < -0.3 is 9.64 Å². The lowest BCUT2D eigenvalue weighted by Crippen LogP contribution is -2.25. The van der Waals surface area contributed by atoms with E-state index in [9.17, 15) is 4.79 Å². The van der Waals surface area contributed by atoms with Gasteiger partial charge in [0, 0.05) is 18.8 Å². The van der Waals surface area contributed by atoms with Gasteiger partial charge in [0.2, 0.25) is 0 Å². The highest BCUT2D eigenvalue weighted by Gasteiger charge is 2.25. The van der Waals surface area contributed by atoms with Crippen molar-refractivity contribution in [3.63, 3.8) is 0 Å². The number of methoxy groups -OCH3 is 1. The molecule has 0 aromatic heterocycles. The zero-order valence-corrected chi connectivity index (χ0v) is 9.42. The molecule has 0 aromatic carbocycles. The van der Waals surface area contributed by atoms with Crippen LogP contribution in [-0.2, 0) is 9.53 Å². The number of esters is 1. The van der Waals surface area contributed by atoms with E-state index in [1.54, 1.807) is 0 Å². The number of likely N-dealkylation sites (tertiary alicyclic amines) is 1. The largest absolute Gasteiger partial charge is 0.466 e. The maximum absolute atomic E-state index is 11.6. The number of ether oxygens (including phenoxy) is 1. The Hall–Kier alpha value is -0.990. The van der Waals surface area contributed by atoms with Gasteiger partial charge in [0.15, 0.2) is 0 Å². The Kier molecular flexibility index (Phi) is 3.29. The number of hydrogen-bond donors (Lipinski definition) is 0. The van der Waals surface area contributed by atoms with Gasteiger partial charge in [0.25, 0.3) is 0 Å². The maximum atomic E-state index is 11.6. The second-order valence-corrected chi connectivity index (χ2v) is 4.32. The Morgan fingerprint density at radius 2 is 1.80 bits per heavy atom. The van der Waals surface area contributed by atoms with Crippen molar-refractivity contribution in [1.29, 1.82) is 0 Å². The van der Waals surface area contributed by atoms with Crippen molar-refractivity contribution in [2.24, 2.45) is 0 Å². The summed E-state index contributed by atoms with van der Waals surface area (Å²) in [6, 6.07) is 0. The van der Waals surface area contributed by atoms with Crippen LogP contribution in [0.4, 0.5) is 0 Å². The maximum Gasteiger partial charge on any atom is 0.335 e. The minimum Gasteiger partial charge on any atom is -0.466 e. The lowest BCUT2D eigenvalue weighted by atomic mass is 9.95. The molecule has 0 atom stereocenters. The molecule has 0 bridgehead atoms. The summed E-state index contributed by atoms with van der Waals surface area (Å²) in [5.74, 6) is -0.114. The topological polar surface area (TPSA) is 29.5 Å². The molecular formula is C12H19NO2. The van der Waals surface area contributed by atoms with Gasteiger partial charge in [0.1, 0.15) is 0 Å². The number of carbonyl (C=O) groups excluding carboxylic acids is 1. The molecule has 3 nitrogen and oxygen atoms in total. The fraction of sp³-hybridized carbons (Fsp3) is 0.750. The molecule has 0 spiro atoms. The molecule has 1 aliphatic carbocycles. The van der Waals surface area contributed by atoms with E-state index in [-0.39, 0.29) is 5.97 Å². The molecule has 3 heteroatoms. The quantitative estimate of drug-likeness (QED) is 0.652. The van der Waals surface area contributed by atoms with Gasteiger partial charge in [-0.15, -0.1) is 0 Å². The summed E-state index contributed by atoms with van der Waals surface area (Å²) in [7, 11) is 1.48. The van der Waals surface area contributed by atoms with E-state index in [1.807, 2.05) is 0 Å². The van der Waals surface area contributed by atoms with E-state index < -0.39 is 0 Å². The highest BCUT2D eigenvalue weighted by molar-refractivity contribution is 5.89. The standard InChI is InChI=1S/C12H19NO2/c1-15-12(14)10-6-2-3-7-11(10)13-8-4-5-9-13/h2-9H2,1H3. The molecule has 15 heavy (non-hydrogen) atoms. The van der Waals surface area contributed by atoms with Gasteiger partial charge in [-0.05, 0) is 38.5 Å². The first kappa shape index (κ1) is 10.5. The Morgan fingerprint density at radius 3 is 2.47 bits per heavy atom. The first-order valence-corrected chi connectivity index (χ1v) is 5.88. The second-order valence-electron chi connectivity index (χ2n) is 4.32. The lowest BCUT2D eigenvalue weighted by Gasteiger charge is -2.27. The zero-order chi connectivity index (χ0) is 10.7. The summed E-state index contributed by atoms with van der Waals surface area (Å²) < 4.78 is 4.86. The molecule has 0 N–H and O–H groups in total. The van der Waals surface area contributed by atoms with Gasteiger partial charge >= 0.3 is 5.97 Å². The summed E-state index contributed by atoms with van der Waals surface area (Å²) in [6.07, 6.45) is 6.83. The number of rotatable bonds is 2. The van der Waals surface area contributed by atoms with Crippen LogP contribution < -0.4 is 0 Å². The van der Waals surface area contributed by atoms with Crippen LogP contribution in [0.25, 0.3) is 0 Å². The average Bonchev–Trinajstić information content (AvgIpc) is 2.81. The highest BCUT2D eigenvalue weighted by atomic mass is 16.5. The monoisotopic (exact) mass is 209 g/mol. The van der Waals surface area contributed by atoms with Crippen LogP contribution in [0.15, 0.2) is 11.3 Å². The van der Waals surface area contributed by atoms with Crippen molar-refractivity contribution >= 4 is 5.97 Å². The van der Waals surface area contributed by atoms with Gasteiger partial charge in [-0.2, -0.15) is 0 Å². The van der Waals surface area contributed by atoms with Gasteiger partial charge in [-0.1, -0.05) is 0 Å². The van der Waals surface area contributed by atoms with E-state index in [4.69, 9.17) is 4.74 Å². The Labute approximate surface area is 91.1 Å². The minimum absolute atomic E-state index is 0.114. The molecule has 84 valence electrons. The van der Waals surface area contributed by atoms with Crippen LogP contribution in [-0.4, -0.2) is 31.1 Å². The molecule has 1 saturated heterocycles. The van der Waals surface area contributed by atoms with Crippen molar-refractivity contribution in [3.05, 3.63) is 11.3 Å². The molecule has 0 unspecified atom stereocenters. The Balaban J connectivity index is 2.20. The lowest BCUT2D eigenvalue weighted by molar-refractivity contribution is -0.136. The molecule has 0 aromatic rings. The molecule has 0 saturated carbocycles. The van der Waals surface area contributed by atoms with Crippen molar-refractivity contribution in [2.75, 3.05) is 20.2 Å². The summed E-state index contributed by atoms with van der Waals surface area (Å²) in [5.41, 5.74) is 2.20. The number of nitrogens with zero attached hydrogens (tertiary/aromatic N) is 1. The van der Waals surface area contributed by atoms with E-state index in [1.165, 1.54) is 32.1 Å². The fourth-order valence-corrected chi connectivity index (χ4v) is 2.57. The van der Waals surface area contributed by atoms with E-state index in [0.29, 0.717) is 0 Å². The first-order chi connectivity index (χ1) is 7.33. The molecule has 2 rings (SSSR count). The zero-order valence-electron chi connectivity index (χ0n) is 9.42. The summed E-state index contributed by atoms with van der Waals surface area (Å²) in [5, 5.41) is 0. The fourth-order valence-electron chi connectivity index (χ4n) is 2.57. The van der Waals surface area contributed by atoms with Crippen LogP contribution in [0.1, 0.15) is 38.5 Å². The summed E-state index contributed by atoms with van der Waals surface area (Å²) in [4.78, 5) is 14.0. The Bertz CT molecular complexity index is 277. The normalized spacial score (nSPS) is 22.1. The van der Waals surface area contributed by atoms with Crippen molar-refractivity contribution in [2.45, 2.75) is 38.5 Å². The average molecular weight is 209 g/mol. The van der Waals surface area contributed by atoms with Crippen LogP contribution in [0.2, 0.25) is 0 Å². The minimum atomic E-state index is -0.114. The summed E-state index contributed by atoms with van der Waals surface area (Å²) >= 11 is 0. The van der Waals surface area contributed by atoms with E-state index in [0.717, 1.165) is 37.9 Å². The predicted molar refractivity (Wildman–Crippen MR) is 58.3 cm³/mol. The van der Waals surface area contributed by atoms with Crippen molar-refractivity contribution < 1.29 is 9.53 Å². The van der Waals surface area contributed by atoms with Crippen LogP contribution in [0.5, 0.6) is 0 Å². The third kappa shape index (κ3) is 2.16. The van der Waals surface area contributed by atoms with Crippen molar-refractivity contribution in [3.8, 4) is 0 Å². The first-order valence-electron chi connectivity index (χ1n) is 5.88. The SMILES string of the molecule is COC(=O)C1=C(N2CCCC2)CCCC1. The summed E-state index contributed by atoms with van der Waals surface area (Å²) in [6.45, 7) is 2.24. The van der Waals surface area contributed by atoms with E-state index >= 15 is 0 Å². The van der Waals surface area contributed by atoms with Gasteiger partial charge in [-0.3, -0.25) is 0 Å². The number of hydrogen-bond acceptors (Lipinski definition) is 3. The molecule has 1 fully saturated rings. The van der Waals surface area contributed by atoms with Crippen LogP contribution in [0, 0.1) is 0 Å². The van der Waals surface area contributed by atoms with Crippen LogP contribution >= 0.6 is 0 Å². The molecule has 1 aliphatic heterocycles. The van der Waals surface area contributed by atoms with Gasteiger partial charge in [0.05, 0.1) is 12.7 Å². The number of allylic oxidation sites excluding steroid dienone is 1. The number of carbonyl (C=O) groups is 1. The molecular weight excluding hydrogens is 190 g/mol. The van der Waals surface area contributed by atoms with Crippen molar-refractivity contribution in [1.82, 2.24) is 4.90 Å². The highest BCUT2D eigenvalue weighted by Crippen LogP contribution is 2.30. The second kappa shape index (κ2) is 4.69. The van der Waals surface area contributed by atoms with Crippen LogP contribution in [0.3, 0.4) is 0 Å². The molecule has 1 heterocycles. The third-order valence-corrected chi connectivity index (χ3v) is 3.36. The molecule has 0 radical (unpaired) electrons.